The highest BCUT2D eigenvalue weighted by molar-refractivity contribution is 5.72. The van der Waals surface area contributed by atoms with Crippen LogP contribution >= 0.6 is 0 Å². The van der Waals surface area contributed by atoms with Gasteiger partial charge in [-0.25, -0.2) is 0 Å². The predicted molar refractivity (Wildman–Crippen MR) is 51.3 cm³/mol. The molecule has 0 radical (unpaired) electrons. The second-order valence-corrected chi connectivity index (χ2v) is 4.25. The van der Waals surface area contributed by atoms with E-state index in [1.54, 1.807) is 0 Å². The summed E-state index contributed by atoms with van der Waals surface area (Å²) in [6, 6.07) is 0. The van der Waals surface area contributed by atoms with E-state index in [9.17, 15) is 9.90 Å². The molecule has 1 unspecified atom stereocenters. The van der Waals surface area contributed by atoms with Crippen molar-refractivity contribution in [3.63, 3.8) is 0 Å². The van der Waals surface area contributed by atoms with Crippen molar-refractivity contribution in [2.75, 3.05) is 6.54 Å². The Labute approximate surface area is 79.5 Å². The molecule has 76 valence electrons. The number of carbonyl (C=O) groups excluding carboxylic acids is 1. The highest BCUT2D eigenvalue weighted by Gasteiger charge is 2.33. The zero-order valence-electron chi connectivity index (χ0n) is 8.47. The molecule has 1 aliphatic carbocycles. The molecule has 0 aromatic heterocycles. The zero-order valence-corrected chi connectivity index (χ0v) is 8.47. The molecule has 3 nitrogen and oxygen atoms in total. The van der Waals surface area contributed by atoms with E-state index in [0.29, 0.717) is 12.5 Å². The van der Waals surface area contributed by atoms with Gasteiger partial charge in [0.25, 0.3) is 0 Å². The first kappa shape index (κ1) is 10.5. The van der Waals surface area contributed by atoms with Crippen LogP contribution in [0.2, 0.25) is 0 Å². The molecule has 1 amide bonds. The Balaban J connectivity index is 2.39. The van der Waals surface area contributed by atoms with E-state index >= 15 is 0 Å². The number of rotatable bonds is 3. The van der Waals surface area contributed by atoms with Crippen molar-refractivity contribution < 1.29 is 9.90 Å². The summed E-state index contributed by atoms with van der Waals surface area (Å²) in [5, 5.41) is 12.7. The third-order valence-corrected chi connectivity index (χ3v) is 2.93. The number of aliphatic hydroxyl groups is 1. The van der Waals surface area contributed by atoms with Crippen molar-refractivity contribution in [3.05, 3.63) is 0 Å². The van der Waals surface area contributed by atoms with Gasteiger partial charge in [-0.2, -0.15) is 0 Å². The molecular weight excluding hydrogens is 166 g/mol. The van der Waals surface area contributed by atoms with Crippen molar-refractivity contribution >= 4 is 5.91 Å². The molecular formula is C10H19NO2. The fourth-order valence-electron chi connectivity index (χ4n) is 2.00. The second kappa shape index (κ2) is 4.09. The third kappa shape index (κ3) is 2.99. The predicted octanol–water partition coefficient (Wildman–Crippen LogP) is 1.06. The first-order valence-corrected chi connectivity index (χ1v) is 4.99. The Morgan fingerprint density at radius 2 is 2.08 bits per heavy atom. The second-order valence-electron chi connectivity index (χ2n) is 4.25. The summed E-state index contributed by atoms with van der Waals surface area (Å²) in [5.74, 6) is 0.289. The highest BCUT2D eigenvalue weighted by Crippen LogP contribution is 2.33. The van der Waals surface area contributed by atoms with Crippen LogP contribution in [-0.4, -0.2) is 23.2 Å². The number of carbonyl (C=O) groups is 1. The fraction of sp³-hybridized carbons (Fsp3) is 0.900. The maximum absolute atomic E-state index is 10.7. The Bertz CT molecular complexity index is 183. The smallest absolute Gasteiger partial charge is 0.216 e. The van der Waals surface area contributed by atoms with E-state index in [0.717, 1.165) is 12.8 Å². The fourth-order valence-corrected chi connectivity index (χ4v) is 2.00. The summed E-state index contributed by atoms with van der Waals surface area (Å²) in [7, 11) is 0. The van der Waals surface area contributed by atoms with Crippen LogP contribution in [0, 0.1) is 5.92 Å². The van der Waals surface area contributed by atoms with Crippen LogP contribution in [0.4, 0.5) is 0 Å². The van der Waals surface area contributed by atoms with Crippen molar-refractivity contribution in [1.82, 2.24) is 5.32 Å². The summed E-state index contributed by atoms with van der Waals surface area (Å²) >= 11 is 0. The lowest BCUT2D eigenvalue weighted by atomic mass is 9.88. The summed E-state index contributed by atoms with van der Waals surface area (Å²) in [6.07, 6.45) is 4.60. The molecule has 3 heteroatoms. The van der Waals surface area contributed by atoms with E-state index in [1.165, 1.54) is 19.8 Å². The maximum Gasteiger partial charge on any atom is 0.216 e. The largest absolute Gasteiger partial charge is 0.388 e. The SMILES string of the molecule is CC(=O)NCC(C)(O)C1CCCC1. The van der Waals surface area contributed by atoms with Crippen LogP contribution in [-0.2, 0) is 4.79 Å². The molecule has 0 bridgehead atoms. The summed E-state index contributed by atoms with van der Waals surface area (Å²) < 4.78 is 0. The molecule has 0 heterocycles. The molecule has 1 rings (SSSR count). The molecule has 0 spiro atoms. The van der Waals surface area contributed by atoms with E-state index in [4.69, 9.17) is 0 Å². The van der Waals surface area contributed by atoms with Gasteiger partial charge in [0.15, 0.2) is 0 Å². The summed E-state index contributed by atoms with van der Waals surface area (Å²) in [5.41, 5.74) is -0.720. The average molecular weight is 185 g/mol. The minimum atomic E-state index is -0.720. The topological polar surface area (TPSA) is 49.3 Å². The van der Waals surface area contributed by atoms with Crippen molar-refractivity contribution in [3.8, 4) is 0 Å². The highest BCUT2D eigenvalue weighted by atomic mass is 16.3. The lowest BCUT2D eigenvalue weighted by Gasteiger charge is -2.29. The lowest BCUT2D eigenvalue weighted by molar-refractivity contribution is -0.120. The van der Waals surface area contributed by atoms with Crippen LogP contribution < -0.4 is 5.32 Å². The average Bonchev–Trinajstić information content (AvgIpc) is 2.53. The number of amides is 1. The van der Waals surface area contributed by atoms with E-state index < -0.39 is 5.60 Å². The maximum atomic E-state index is 10.7. The minimum Gasteiger partial charge on any atom is -0.388 e. The summed E-state index contributed by atoms with van der Waals surface area (Å²) in [6.45, 7) is 3.68. The van der Waals surface area contributed by atoms with E-state index in [1.807, 2.05) is 6.92 Å². The van der Waals surface area contributed by atoms with Crippen LogP contribution in [0.3, 0.4) is 0 Å². The molecule has 1 saturated carbocycles. The minimum absolute atomic E-state index is 0.0710. The Kier molecular flexibility index (Phi) is 3.31. The van der Waals surface area contributed by atoms with E-state index in [-0.39, 0.29) is 5.91 Å². The first-order chi connectivity index (χ1) is 6.02. The van der Waals surface area contributed by atoms with Crippen molar-refractivity contribution in [1.29, 1.82) is 0 Å². The monoisotopic (exact) mass is 185 g/mol. The Morgan fingerprint density at radius 3 is 2.54 bits per heavy atom. The van der Waals surface area contributed by atoms with Gasteiger partial charge in [0, 0.05) is 13.5 Å². The van der Waals surface area contributed by atoms with Crippen LogP contribution in [0.5, 0.6) is 0 Å². The third-order valence-electron chi connectivity index (χ3n) is 2.93. The molecule has 1 aliphatic rings. The van der Waals surface area contributed by atoms with Crippen LogP contribution in [0.15, 0.2) is 0 Å². The molecule has 1 atom stereocenters. The Hall–Kier alpha value is -0.570. The van der Waals surface area contributed by atoms with Gasteiger partial charge in [0.05, 0.1) is 5.60 Å². The number of hydrogen-bond acceptors (Lipinski definition) is 2. The zero-order chi connectivity index (χ0) is 9.90. The van der Waals surface area contributed by atoms with Crippen molar-refractivity contribution in [2.45, 2.75) is 45.1 Å². The molecule has 0 aromatic carbocycles. The van der Waals surface area contributed by atoms with Gasteiger partial charge in [-0.15, -0.1) is 0 Å². The van der Waals surface area contributed by atoms with Gasteiger partial charge in [-0.3, -0.25) is 4.79 Å². The molecule has 0 saturated heterocycles. The quantitative estimate of drug-likeness (QED) is 0.691. The molecule has 0 aliphatic heterocycles. The Morgan fingerprint density at radius 1 is 1.54 bits per heavy atom. The first-order valence-electron chi connectivity index (χ1n) is 4.99. The van der Waals surface area contributed by atoms with Gasteiger partial charge < -0.3 is 10.4 Å². The number of nitrogens with one attached hydrogen (secondary N) is 1. The van der Waals surface area contributed by atoms with E-state index in [2.05, 4.69) is 5.32 Å². The molecule has 2 N–H and O–H groups in total. The number of hydrogen-bond donors (Lipinski definition) is 2. The summed E-state index contributed by atoms with van der Waals surface area (Å²) in [4.78, 5) is 10.7. The van der Waals surface area contributed by atoms with Crippen molar-refractivity contribution in [2.24, 2.45) is 5.92 Å². The molecule has 1 fully saturated rings. The van der Waals surface area contributed by atoms with Gasteiger partial charge in [-0.1, -0.05) is 12.8 Å². The van der Waals surface area contributed by atoms with Crippen LogP contribution in [0.1, 0.15) is 39.5 Å². The van der Waals surface area contributed by atoms with Gasteiger partial charge in [0.1, 0.15) is 0 Å². The lowest BCUT2D eigenvalue weighted by Crippen LogP contribution is -2.44. The van der Waals surface area contributed by atoms with Gasteiger partial charge in [0.2, 0.25) is 5.91 Å². The standard InChI is InChI=1S/C10H19NO2/c1-8(12)11-7-10(2,13)9-5-3-4-6-9/h9,13H,3-7H2,1-2H3,(H,11,12). The molecule has 0 aromatic rings. The van der Waals surface area contributed by atoms with Gasteiger partial charge >= 0.3 is 0 Å². The van der Waals surface area contributed by atoms with Gasteiger partial charge in [-0.05, 0) is 25.7 Å². The molecule has 13 heavy (non-hydrogen) atoms. The normalized spacial score (nSPS) is 22.7. The van der Waals surface area contributed by atoms with Crippen LogP contribution in [0.25, 0.3) is 0 Å².